The molecule has 0 aromatic rings. The summed E-state index contributed by atoms with van der Waals surface area (Å²) >= 11 is 0. The number of carbonyl (C=O) groups excluding carboxylic acids is 1. The van der Waals surface area contributed by atoms with Crippen molar-refractivity contribution in [3.05, 3.63) is 34.9 Å². The monoisotopic (exact) mass is 298 g/mol. The van der Waals surface area contributed by atoms with Crippen LogP contribution >= 0.6 is 0 Å². The highest BCUT2D eigenvalue weighted by Gasteiger charge is 2.58. The molecule has 0 spiro atoms. The van der Waals surface area contributed by atoms with E-state index < -0.39 is 5.60 Å². The minimum absolute atomic E-state index is 0.0482. The quantitative estimate of drug-likeness (QED) is 0.791. The molecule has 0 saturated heterocycles. The second-order valence-electron chi connectivity index (χ2n) is 7.86. The number of carbonyl (C=O) groups is 1. The zero-order valence-electron chi connectivity index (χ0n) is 13.7. The van der Waals surface area contributed by atoms with Gasteiger partial charge in [0.15, 0.2) is 5.78 Å². The first-order valence-corrected chi connectivity index (χ1v) is 8.87. The van der Waals surface area contributed by atoms with Crippen LogP contribution in [0.1, 0.15) is 58.8 Å². The van der Waals surface area contributed by atoms with E-state index in [1.165, 1.54) is 16.7 Å². The molecule has 1 N–H and O–H groups in total. The van der Waals surface area contributed by atoms with Crippen molar-refractivity contribution < 1.29 is 9.90 Å². The summed E-state index contributed by atoms with van der Waals surface area (Å²) in [6.07, 6.45) is 13.4. The van der Waals surface area contributed by atoms with Crippen molar-refractivity contribution in [2.45, 2.75) is 64.4 Å². The van der Waals surface area contributed by atoms with Gasteiger partial charge in [-0.3, -0.25) is 4.79 Å². The van der Waals surface area contributed by atoms with Gasteiger partial charge in [-0.2, -0.15) is 0 Å². The average molecular weight is 298 g/mol. The molecule has 0 amide bonds. The van der Waals surface area contributed by atoms with Crippen LogP contribution in [-0.2, 0) is 4.79 Å². The first-order valence-electron chi connectivity index (χ1n) is 8.87. The number of allylic oxidation sites excluding steroid dienone is 5. The summed E-state index contributed by atoms with van der Waals surface area (Å²) in [5.74, 6) is 1.45. The fourth-order valence-corrected chi connectivity index (χ4v) is 5.84. The van der Waals surface area contributed by atoms with Crippen LogP contribution in [0.5, 0.6) is 0 Å². The van der Waals surface area contributed by atoms with Crippen LogP contribution in [0.25, 0.3) is 0 Å². The van der Waals surface area contributed by atoms with Gasteiger partial charge in [-0.05, 0) is 80.1 Å². The van der Waals surface area contributed by atoms with Crippen LogP contribution in [0.3, 0.4) is 0 Å². The van der Waals surface area contributed by atoms with E-state index in [9.17, 15) is 9.90 Å². The molecule has 0 unspecified atom stereocenters. The third kappa shape index (κ3) is 1.73. The minimum atomic E-state index is -0.572. The Kier molecular flexibility index (Phi) is 3.07. The molecule has 4 aliphatic carbocycles. The highest BCUT2D eigenvalue weighted by atomic mass is 16.3. The standard InChI is InChI=1S/C20H26O2/c1-3-20-11-8-16-15-7-5-14(21)12-13(15)4-6-17(16)18(20)9-10-19(20,2)22/h8,11-12,17-18,22H,3-7,9-10H2,1-2H3/t17-,18+,19+,20+/m1/s1. The van der Waals surface area contributed by atoms with Gasteiger partial charge in [0, 0.05) is 11.8 Å². The summed E-state index contributed by atoms with van der Waals surface area (Å²) in [6, 6.07) is 0. The van der Waals surface area contributed by atoms with Gasteiger partial charge in [-0.25, -0.2) is 0 Å². The molecule has 22 heavy (non-hydrogen) atoms. The highest BCUT2D eigenvalue weighted by Crippen LogP contribution is 2.62. The Hall–Kier alpha value is -1.15. The Labute approximate surface area is 133 Å². The summed E-state index contributed by atoms with van der Waals surface area (Å²) in [6.45, 7) is 4.26. The van der Waals surface area contributed by atoms with Crippen LogP contribution in [-0.4, -0.2) is 16.5 Å². The second-order valence-corrected chi connectivity index (χ2v) is 7.86. The van der Waals surface area contributed by atoms with E-state index in [2.05, 4.69) is 19.1 Å². The smallest absolute Gasteiger partial charge is 0.156 e. The van der Waals surface area contributed by atoms with E-state index in [1.807, 2.05) is 13.0 Å². The molecule has 4 atom stereocenters. The van der Waals surface area contributed by atoms with E-state index >= 15 is 0 Å². The van der Waals surface area contributed by atoms with Crippen molar-refractivity contribution in [1.29, 1.82) is 0 Å². The summed E-state index contributed by atoms with van der Waals surface area (Å²) in [5.41, 5.74) is 3.60. The van der Waals surface area contributed by atoms with Gasteiger partial charge in [0.25, 0.3) is 0 Å². The fourth-order valence-electron chi connectivity index (χ4n) is 5.84. The number of fused-ring (bicyclic) bond motifs is 4. The molecule has 4 rings (SSSR count). The zero-order valence-corrected chi connectivity index (χ0v) is 13.7. The third-order valence-corrected chi connectivity index (χ3v) is 7.05. The number of ketones is 1. The van der Waals surface area contributed by atoms with Crippen LogP contribution in [0.2, 0.25) is 0 Å². The maximum absolute atomic E-state index is 11.7. The van der Waals surface area contributed by atoms with E-state index in [-0.39, 0.29) is 5.41 Å². The molecule has 0 radical (unpaired) electrons. The second kappa shape index (κ2) is 4.67. The van der Waals surface area contributed by atoms with Gasteiger partial charge in [-0.15, -0.1) is 0 Å². The SMILES string of the molecule is CC[C@]12C=CC3=C4CCC(=O)C=C4CC[C@H]3[C@@H]1CC[C@]2(C)O. The predicted octanol–water partition coefficient (Wildman–Crippen LogP) is 4.11. The van der Waals surface area contributed by atoms with Gasteiger partial charge in [0.05, 0.1) is 5.60 Å². The Morgan fingerprint density at radius 2 is 2.09 bits per heavy atom. The molecule has 1 fully saturated rings. The Morgan fingerprint density at radius 1 is 1.27 bits per heavy atom. The largest absolute Gasteiger partial charge is 0.389 e. The molecule has 2 heteroatoms. The molecule has 0 aliphatic heterocycles. The molecular formula is C20H26O2. The molecule has 2 nitrogen and oxygen atoms in total. The fraction of sp³-hybridized carbons (Fsp3) is 0.650. The number of hydrogen-bond acceptors (Lipinski definition) is 2. The van der Waals surface area contributed by atoms with Crippen LogP contribution in [0.15, 0.2) is 34.9 Å². The Balaban J connectivity index is 1.84. The van der Waals surface area contributed by atoms with Crippen LogP contribution < -0.4 is 0 Å². The lowest BCUT2D eigenvalue weighted by Gasteiger charge is -2.49. The van der Waals surface area contributed by atoms with Gasteiger partial charge in [-0.1, -0.05) is 19.1 Å². The van der Waals surface area contributed by atoms with Gasteiger partial charge >= 0.3 is 0 Å². The lowest BCUT2D eigenvalue weighted by atomic mass is 9.57. The summed E-state index contributed by atoms with van der Waals surface area (Å²) in [4.78, 5) is 11.7. The van der Waals surface area contributed by atoms with Crippen molar-refractivity contribution in [2.75, 3.05) is 0 Å². The third-order valence-electron chi connectivity index (χ3n) is 7.05. The molecule has 0 aromatic heterocycles. The first-order chi connectivity index (χ1) is 10.5. The number of rotatable bonds is 1. The minimum Gasteiger partial charge on any atom is -0.389 e. The molecule has 0 heterocycles. The van der Waals surface area contributed by atoms with Crippen molar-refractivity contribution >= 4 is 5.78 Å². The lowest BCUT2D eigenvalue weighted by molar-refractivity contribution is -0.114. The maximum atomic E-state index is 11.7. The van der Waals surface area contributed by atoms with E-state index in [0.29, 0.717) is 24.0 Å². The molecule has 0 bridgehead atoms. The molecular weight excluding hydrogens is 272 g/mol. The molecule has 4 aliphatic rings. The van der Waals surface area contributed by atoms with E-state index in [4.69, 9.17) is 0 Å². The molecule has 118 valence electrons. The average Bonchev–Trinajstić information content (AvgIpc) is 2.78. The number of aliphatic hydroxyl groups is 1. The van der Waals surface area contributed by atoms with E-state index in [0.717, 1.165) is 38.5 Å². The van der Waals surface area contributed by atoms with Crippen LogP contribution in [0.4, 0.5) is 0 Å². The van der Waals surface area contributed by atoms with Crippen LogP contribution in [0, 0.1) is 17.3 Å². The van der Waals surface area contributed by atoms with Gasteiger partial charge in [0.1, 0.15) is 0 Å². The highest BCUT2D eigenvalue weighted by molar-refractivity contribution is 5.93. The normalized spacial score (nSPS) is 43.6. The zero-order chi connectivity index (χ0) is 15.5. The van der Waals surface area contributed by atoms with E-state index in [1.54, 1.807) is 0 Å². The van der Waals surface area contributed by atoms with Gasteiger partial charge in [0.2, 0.25) is 0 Å². The maximum Gasteiger partial charge on any atom is 0.156 e. The van der Waals surface area contributed by atoms with Crippen molar-refractivity contribution in [1.82, 2.24) is 0 Å². The number of hydrogen-bond donors (Lipinski definition) is 1. The predicted molar refractivity (Wildman–Crippen MR) is 87.3 cm³/mol. The molecule has 0 aromatic carbocycles. The summed E-state index contributed by atoms with van der Waals surface area (Å²) in [7, 11) is 0. The summed E-state index contributed by atoms with van der Waals surface area (Å²) < 4.78 is 0. The Morgan fingerprint density at radius 3 is 2.86 bits per heavy atom. The van der Waals surface area contributed by atoms with Crippen molar-refractivity contribution in [3.63, 3.8) is 0 Å². The molecule has 1 saturated carbocycles. The summed E-state index contributed by atoms with van der Waals surface area (Å²) in [5, 5.41) is 11.0. The topological polar surface area (TPSA) is 37.3 Å². The van der Waals surface area contributed by atoms with Gasteiger partial charge < -0.3 is 5.11 Å². The first kappa shape index (κ1) is 14.4. The van der Waals surface area contributed by atoms with Crippen molar-refractivity contribution in [2.24, 2.45) is 17.3 Å². The van der Waals surface area contributed by atoms with Crippen molar-refractivity contribution in [3.8, 4) is 0 Å². The Bertz CT molecular complexity index is 620. The lowest BCUT2D eigenvalue weighted by Crippen LogP contribution is -2.47.